The number of rotatable bonds is 5. The molecule has 3 N–H and O–H groups in total. The van der Waals surface area contributed by atoms with Gasteiger partial charge in [0.1, 0.15) is 16.4 Å². The number of nitrogens with zero attached hydrogens (tertiary/aromatic N) is 6. The van der Waals surface area contributed by atoms with Crippen molar-refractivity contribution >= 4 is 27.2 Å². The fourth-order valence-electron chi connectivity index (χ4n) is 6.61. The molecule has 11 nitrogen and oxygen atoms in total. The van der Waals surface area contributed by atoms with Gasteiger partial charge >= 0.3 is 0 Å². The monoisotopic (exact) mass is 582 g/mol. The molecule has 3 atom stereocenters. The van der Waals surface area contributed by atoms with Crippen molar-refractivity contribution in [3.05, 3.63) is 78.0 Å². The molecule has 2 aliphatic rings. The van der Waals surface area contributed by atoms with Crippen LogP contribution in [0.5, 0.6) is 0 Å². The Bertz CT molecular complexity index is 1920. The minimum atomic E-state index is -3.74. The van der Waals surface area contributed by atoms with Gasteiger partial charge in [-0.15, -0.1) is 0 Å². The van der Waals surface area contributed by atoms with Crippen LogP contribution in [-0.2, 0) is 9.84 Å². The molecule has 0 spiro atoms. The van der Waals surface area contributed by atoms with Gasteiger partial charge < -0.3 is 10.6 Å². The van der Waals surface area contributed by atoms with E-state index in [0.29, 0.717) is 35.4 Å². The van der Waals surface area contributed by atoms with E-state index < -0.39 is 9.84 Å². The number of anilines is 1. The Morgan fingerprint density at radius 3 is 2.38 bits per heavy atom. The van der Waals surface area contributed by atoms with Crippen LogP contribution in [0.25, 0.3) is 28.0 Å². The molecule has 0 radical (unpaired) electrons. The molecular weight excluding hydrogens is 552 g/mol. The lowest BCUT2D eigenvalue weighted by Gasteiger charge is -2.39. The SMILES string of the molecule is Cc1cc(C(=O)N2[C@@H]3CC[C@H]2C[C@@H](c2nc4c(-c5ccc(-c6ccccc6)nc5)cnn4c(N)c2S(C)(=O)=O)C3)[nH]n1. The van der Waals surface area contributed by atoms with Gasteiger partial charge in [0.2, 0.25) is 0 Å². The van der Waals surface area contributed by atoms with Crippen molar-refractivity contribution in [1.29, 1.82) is 0 Å². The molecule has 0 unspecified atom stereocenters. The second-order valence-electron chi connectivity index (χ2n) is 11.3. The number of aromatic nitrogens is 6. The Morgan fingerprint density at radius 2 is 1.76 bits per heavy atom. The van der Waals surface area contributed by atoms with Crippen LogP contribution in [-0.4, -0.2) is 67.3 Å². The first-order valence-electron chi connectivity index (χ1n) is 13.9. The van der Waals surface area contributed by atoms with Gasteiger partial charge in [0.15, 0.2) is 15.5 Å². The van der Waals surface area contributed by atoms with Crippen molar-refractivity contribution in [3.63, 3.8) is 0 Å². The number of aryl methyl sites for hydroxylation is 1. The highest BCUT2D eigenvalue weighted by Gasteiger charge is 2.46. The molecule has 2 aliphatic heterocycles. The lowest BCUT2D eigenvalue weighted by molar-refractivity contribution is 0.0562. The molecule has 2 saturated heterocycles. The van der Waals surface area contributed by atoms with E-state index >= 15 is 0 Å². The van der Waals surface area contributed by atoms with Crippen LogP contribution in [0.2, 0.25) is 0 Å². The predicted octanol–water partition coefficient (Wildman–Crippen LogP) is 4.03. The number of nitrogens with two attached hydrogens (primary N) is 1. The molecule has 6 heterocycles. The van der Waals surface area contributed by atoms with E-state index in [-0.39, 0.29) is 34.6 Å². The third-order valence-electron chi connectivity index (χ3n) is 8.47. The topological polar surface area (TPSA) is 152 Å². The zero-order valence-corrected chi connectivity index (χ0v) is 24.0. The summed E-state index contributed by atoms with van der Waals surface area (Å²) in [6.07, 6.45) is 7.45. The number of aromatic amines is 1. The average molecular weight is 583 g/mol. The van der Waals surface area contributed by atoms with E-state index in [1.807, 2.05) is 54.3 Å². The van der Waals surface area contributed by atoms with Crippen LogP contribution in [0.1, 0.15) is 53.5 Å². The zero-order chi connectivity index (χ0) is 29.2. The largest absolute Gasteiger partial charge is 0.382 e. The number of benzene rings is 1. The summed E-state index contributed by atoms with van der Waals surface area (Å²) < 4.78 is 27.6. The molecule has 1 amide bonds. The number of amides is 1. The Balaban J connectivity index is 1.27. The second kappa shape index (κ2) is 9.76. The molecule has 7 rings (SSSR count). The highest BCUT2D eigenvalue weighted by molar-refractivity contribution is 7.91. The summed E-state index contributed by atoms with van der Waals surface area (Å²) in [5.41, 5.74) is 12.0. The summed E-state index contributed by atoms with van der Waals surface area (Å²) in [6.45, 7) is 1.84. The number of sulfone groups is 1. The van der Waals surface area contributed by atoms with E-state index in [2.05, 4.69) is 20.3 Å². The highest BCUT2D eigenvalue weighted by Crippen LogP contribution is 2.45. The molecular formula is C30H30N8O3S. The Morgan fingerprint density at radius 1 is 1.02 bits per heavy atom. The molecule has 2 bridgehead atoms. The number of H-pyrrole nitrogens is 1. The van der Waals surface area contributed by atoms with Gasteiger partial charge in [0.25, 0.3) is 5.91 Å². The van der Waals surface area contributed by atoms with Gasteiger partial charge in [-0.3, -0.25) is 14.9 Å². The van der Waals surface area contributed by atoms with Gasteiger partial charge in [0.05, 0.1) is 23.3 Å². The number of piperidine rings is 1. The van der Waals surface area contributed by atoms with Gasteiger partial charge in [-0.25, -0.2) is 13.4 Å². The van der Waals surface area contributed by atoms with Gasteiger partial charge in [-0.05, 0) is 44.7 Å². The number of nitrogens with one attached hydrogen (secondary N) is 1. The van der Waals surface area contributed by atoms with Crippen LogP contribution in [0.15, 0.2) is 65.8 Å². The smallest absolute Gasteiger partial charge is 0.272 e. The van der Waals surface area contributed by atoms with Crippen LogP contribution in [0.4, 0.5) is 5.82 Å². The number of pyridine rings is 1. The van der Waals surface area contributed by atoms with Crippen molar-refractivity contribution in [1.82, 2.24) is 34.7 Å². The zero-order valence-electron chi connectivity index (χ0n) is 23.2. The summed E-state index contributed by atoms with van der Waals surface area (Å²) in [7, 11) is -3.74. The molecule has 1 aromatic carbocycles. The minimum Gasteiger partial charge on any atom is -0.382 e. The van der Waals surface area contributed by atoms with Crippen molar-refractivity contribution < 1.29 is 13.2 Å². The molecule has 12 heteroatoms. The van der Waals surface area contributed by atoms with E-state index in [9.17, 15) is 13.2 Å². The maximum atomic E-state index is 13.4. The molecule has 5 aromatic rings. The second-order valence-corrected chi connectivity index (χ2v) is 13.2. The number of hydrogen-bond donors (Lipinski definition) is 2. The fraction of sp³-hybridized carbons (Fsp3) is 0.300. The summed E-state index contributed by atoms with van der Waals surface area (Å²) in [5, 5.41) is 11.4. The van der Waals surface area contributed by atoms with Crippen molar-refractivity contribution in [3.8, 4) is 22.4 Å². The third kappa shape index (κ3) is 4.33. The highest BCUT2D eigenvalue weighted by atomic mass is 32.2. The lowest BCUT2D eigenvalue weighted by Crippen LogP contribution is -2.46. The van der Waals surface area contributed by atoms with Crippen molar-refractivity contribution in [2.24, 2.45) is 0 Å². The number of carbonyl (C=O) groups is 1. The average Bonchev–Trinajstić information content (AvgIpc) is 3.68. The summed E-state index contributed by atoms with van der Waals surface area (Å²) >= 11 is 0. The third-order valence-corrected chi connectivity index (χ3v) is 9.63. The number of nitrogen functional groups attached to an aromatic ring is 1. The standard InChI is InChI=1S/C30H30N8O3S/c1-17-12-25(36-35-17)30(39)37-21-9-10-22(37)14-20(13-21)26-27(42(2,40)41)28(31)38-29(34-26)23(16-33-38)19-8-11-24(32-15-19)18-6-4-3-5-7-18/h3-8,11-12,15-16,20-22H,9-10,13-14,31H2,1-2H3,(H,35,36)/t20-,21+,22-. The predicted molar refractivity (Wildman–Crippen MR) is 157 cm³/mol. The van der Waals surface area contributed by atoms with Crippen LogP contribution in [0.3, 0.4) is 0 Å². The molecule has 0 saturated carbocycles. The van der Waals surface area contributed by atoms with Crippen LogP contribution in [0, 0.1) is 6.92 Å². The fourth-order valence-corrected chi connectivity index (χ4v) is 7.67. The minimum absolute atomic E-state index is 0.00979. The normalized spacial score (nSPS) is 20.3. The van der Waals surface area contributed by atoms with E-state index in [4.69, 9.17) is 10.7 Å². The van der Waals surface area contributed by atoms with Gasteiger partial charge in [0, 0.05) is 47.1 Å². The summed E-state index contributed by atoms with van der Waals surface area (Å²) in [6, 6.07) is 15.5. The first-order valence-corrected chi connectivity index (χ1v) is 15.8. The number of hydrogen-bond acceptors (Lipinski definition) is 8. The quantitative estimate of drug-likeness (QED) is 0.315. The molecule has 2 fully saturated rings. The van der Waals surface area contributed by atoms with Crippen LogP contribution < -0.4 is 5.73 Å². The van der Waals surface area contributed by atoms with Gasteiger partial charge in [-0.2, -0.15) is 14.7 Å². The Labute approximate surface area is 242 Å². The first kappa shape index (κ1) is 26.3. The Hall–Kier alpha value is -4.58. The molecule has 4 aromatic heterocycles. The lowest BCUT2D eigenvalue weighted by atomic mass is 9.87. The van der Waals surface area contributed by atoms with Crippen LogP contribution >= 0.6 is 0 Å². The van der Waals surface area contributed by atoms with Gasteiger partial charge in [-0.1, -0.05) is 36.4 Å². The first-order chi connectivity index (χ1) is 20.2. The Kier molecular flexibility index (Phi) is 6.12. The van der Waals surface area contributed by atoms with E-state index in [1.165, 1.54) is 4.52 Å². The number of fused-ring (bicyclic) bond motifs is 3. The van der Waals surface area contributed by atoms with E-state index in [1.54, 1.807) is 18.5 Å². The summed E-state index contributed by atoms with van der Waals surface area (Å²) in [5.74, 6) is -0.220. The maximum absolute atomic E-state index is 13.4. The molecule has 0 aliphatic carbocycles. The van der Waals surface area contributed by atoms with Crippen molar-refractivity contribution in [2.75, 3.05) is 12.0 Å². The summed E-state index contributed by atoms with van der Waals surface area (Å²) in [4.78, 5) is 24.9. The molecule has 214 valence electrons. The maximum Gasteiger partial charge on any atom is 0.272 e. The van der Waals surface area contributed by atoms with Crippen molar-refractivity contribution in [2.45, 2.75) is 55.5 Å². The molecule has 42 heavy (non-hydrogen) atoms. The van der Waals surface area contributed by atoms with E-state index in [0.717, 1.165) is 41.6 Å². The number of carbonyl (C=O) groups excluding carboxylic acids is 1.